The van der Waals surface area contributed by atoms with Crippen LogP contribution in [-0.2, 0) is 13.5 Å². The number of aromatic nitrogens is 2. The molecule has 0 spiro atoms. The van der Waals surface area contributed by atoms with Gasteiger partial charge in [0.2, 0.25) is 0 Å². The summed E-state index contributed by atoms with van der Waals surface area (Å²) in [6.45, 7) is 6.68. The molecule has 0 aliphatic heterocycles. The molecule has 3 heteroatoms. The SMILES string of the molecule is CCC1CCCC(C(Cc2c(C)nn(C)c2C)NC)C1. The molecule has 0 bridgehead atoms. The summed E-state index contributed by atoms with van der Waals surface area (Å²) in [5.74, 6) is 1.78. The monoisotopic (exact) mass is 277 g/mol. The predicted molar refractivity (Wildman–Crippen MR) is 85.0 cm³/mol. The van der Waals surface area contributed by atoms with Crippen molar-refractivity contribution in [3.05, 3.63) is 17.0 Å². The Hall–Kier alpha value is -0.830. The standard InChI is InChI=1S/C17H31N3/c1-6-14-8-7-9-15(10-14)17(18-4)11-16-12(2)19-20(5)13(16)3/h14-15,17-18H,6-11H2,1-5H3. The smallest absolute Gasteiger partial charge is 0.0628 e. The minimum Gasteiger partial charge on any atom is -0.316 e. The average Bonchev–Trinajstić information content (AvgIpc) is 2.70. The van der Waals surface area contributed by atoms with E-state index < -0.39 is 0 Å². The van der Waals surface area contributed by atoms with Crippen LogP contribution in [0.25, 0.3) is 0 Å². The molecule has 0 amide bonds. The van der Waals surface area contributed by atoms with Gasteiger partial charge in [-0.3, -0.25) is 4.68 Å². The van der Waals surface area contributed by atoms with E-state index in [0.29, 0.717) is 6.04 Å². The largest absolute Gasteiger partial charge is 0.316 e. The fourth-order valence-corrected chi connectivity index (χ4v) is 3.91. The minimum absolute atomic E-state index is 0.603. The molecule has 0 saturated heterocycles. The third-order valence-electron chi connectivity index (χ3n) is 5.42. The van der Waals surface area contributed by atoms with Gasteiger partial charge in [0.1, 0.15) is 0 Å². The maximum Gasteiger partial charge on any atom is 0.0628 e. The van der Waals surface area contributed by atoms with Crippen molar-refractivity contribution in [2.45, 2.75) is 65.3 Å². The van der Waals surface area contributed by atoms with Crippen LogP contribution in [-0.4, -0.2) is 22.9 Å². The maximum absolute atomic E-state index is 4.56. The minimum atomic E-state index is 0.603. The number of nitrogens with zero attached hydrogens (tertiary/aromatic N) is 2. The molecule has 3 atom stereocenters. The van der Waals surface area contributed by atoms with Gasteiger partial charge in [-0.05, 0) is 57.6 Å². The molecule has 1 aromatic rings. The fourth-order valence-electron chi connectivity index (χ4n) is 3.91. The molecule has 1 aromatic heterocycles. The molecule has 1 fully saturated rings. The van der Waals surface area contributed by atoms with Gasteiger partial charge in [-0.2, -0.15) is 5.10 Å². The van der Waals surface area contributed by atoms with Crippen molar-refractivity contribution in [1.82, 2.24) is 15.1 Å². The Kier molecular flexibility index (Phi) is 5.25. The zero-order valence-corrected chi connectivity index (χ0v) is 13.9. The van der Waals surface area contributed by atoms with Gasteiger partial charge in [0.15, 0.2) is 0 Å². The molecule has 1 aliphatic carbocycles. The van der Waals surface area contributed by atoms with Gasteiger partial charge in [-0.25, -0.2) is 0 Å². The van der Waals surface area contributed by atoms with Gasteiger partial charge in [-0.1, -0.05) is 26.2 Å². The van der Waals surface area contributed by atoms with E-state index in [-0.39, 0.29) is 0 Å². The molecule has 3 unspecified atom stereocenters. The Morgan fingerprint density at radius 3 is 2.65 bits per heavy atom. The van der Waals surface area contributed by atoms with Crippen LogP contribution < -0.4 is 5.32 Å². The number of rotatable bonds is 5. The first kappa shape index (κ1) is 15.6. The first-order valence-corrected chi connectivity index (χ1v) is 8.23. The summed E-state index contributed by atoms with van der Waals surface area (Å²) in [4.78, 5) is 0. The van der Waals surface area contributed by atoms with Crippen LogP contribution in [0.2, 0.25) is 0 Å². The number of hydrogen-bond donors (Lipinski definition) is 1. The average molecular weight is 277 g/mol. The van der Waals surface area contributed by atoms with Crippen LogP contribution in [0.4, 0.5) is 0 Å². The fraction of sp³-hybridized carbons (Fsp3) is 0.824. The van der Waals surface area contributed by atoms with E-state index in [4.69, 9.17) is 0 Å². The Labute approximate surface area is 124 Å². The van der Waals surface area contributed by atoms with E-state index in [9.17, 15) is 0 Å². The van der Waals surface area contributed by atoms with Crippen molar-refractivity contribution in [2.24, 2.45) is 18.9 Å². The van der Waals surface area contributed by atoms with Gasteiger partial charge in [0.05, 0.1) is 5.69 Å². The molecule has 0 radical (unpaired) electrons. The molecule has 2 rings (SSSR count). The molecule has 1 N–H and O–H groups in total. The Morgan fingerprint density at radius 2 is 2.10 bits per heavy atom. The summed E-state index contributed by atoms with van der Waals surface area (Å²) in [6, 6.07) is 0.603. The third-order valence-corrected chi connectivity index (χ3v) is 5.42. The highest BCUT2D eigenvalue weighted by Gasteiger charge is 2.28. The van der Waals surface area contributed by atoms with Crippen LogP contribution in [0.5, 0.6) is 0 Å². The lowest BCUT2D eigenvalue weighted by molar-refractivity contribution is 0.212. The molecular formula is C17H31N3. The normalized spacial score (nSPS) is 24.9. The van der Waals surface area contributed by atoms with Crippen molar-refractivity contribution in [2.75, 3.05) is 7.05 Å². The molecule has 114 valence electrons. The van der Waals surface area contributed by atoms with E-state index in [1.54, 1.807) is 0 Å². The number of nitrogens with one attached hydrogen (secondary N) is 1. The third kappa shape index (κ3) is 3.25. The van der Waals surface area contributed by atoms with Gasteiger partial charge >= 0.3 is 0 Å². The molecule has 1 aliphatic rings. The summed E-state index contributed by atoms with van der Waals surface area (Å²) in [5.41, 5.74) is 3.98. The van der Waals surface area contributed by atoms with Crippen LogP contribution in [0.15, 0.2) is 0 Å². The van der Waals surface area contributed by atoms with Crippen molar-refractivity contribution in [3.63, 3.8) is 0 Å². The number of hydrogen-bond acceptors (Lipinski definition) is 2. The topological polar surface area (TPSA) is 29.9 Å². The molecule has 20 heavy (non-hydrogen) atoms. The van der Waals surface area contributed by atoms with E-state index in [1.165, 1.54) is 49.1 Å². The quantitative estimate of drug-likeness (QED) is 0.894. The highest BCUT2D eigenvalue weighted by atomic mass is 15.3. The second-order valence-corrected chi connectivity index (χ2v) is 6.57. The van der Waals surface area contributed by atoms with Gasteiger partial charge in [-0.15, -0.1) is 0 Å². The van der Waals surface area contributed by atoms with E-state index in [0.717, 1.165) is 18.3 Å². The summed E-state index contributed by atoms with van der Waals surface area (Å²) < 4.78 is 2.02. The lowest BCUT2D eigenvalue weighted by Crippen LogP contribution is -2.38. The Morgan fingerprint density at radius 1 is 1.35 bits per heavy atom. The molecular weight excluding hydrogens is 246 g/mol. The van der Waals surface area contributed by atoms with Crippen LogP contribution in [0.1, 0.15) is 56.0 Å². The van der Waals surface area contributed by atoms with Crippen LogP contribution >= 0.6 is 0 Å². The summed E-state index contributed by atoms with van der Waals surface area (Å²) in [7, 11) is 4.18. The Bertz CT molecular complexity index is 436. The predicted octanol–water partition coefficient (Wildman–Crippen LogP) is 3.38. The van der Waals surface area contributed by atoms with Crippen LogP contribution in [0.3, 0.4) is 0 Å². The molecule has 3 nitrogen and oxygen atoms in total. The lowest BCUT2D eigenvalue weighted by atomic mass is 9.75. The van der Waals surface area contributed by atoms with Gasteiger partial charge in [0.25, 0.3) is 0 Å². The summed E-state index contributed by atoms with van der Waals surface area (Å²) in [6.07, 6.45) is 8.11. The first-order valence-electron chi connectivity index (χ1n) is 8.23. The summed E-state index contributed by atoms with van der Waals surface area (Å²) >= 11 is 0. The zero-order valence-electron chi connectivity index (χ0n) is 13.9. The summed E-state index contributed by atoms with van der Waals surface area (Å²) in [5, 5.41) is 8.15. The second kappa shape index (κ2) is 6.75. The highest BCUT2D eigenvalue weighted by molar-refractivity contribution is 5.25. The highest BCUT2D eigenvalue weighted by Crippen LogP contribution is 2.34. The lowest BCUT2D eigenvalue weighted by Gasteiger charge is -2.34. The molecule has 1 saturated carbocycles. The zero-order chi connectivity index (χ0) is 14.7. The van der Waals surface area contributed by atoms with E-state index >= 15 is 0 Å². The molecule has 0 aromatic carbocycles. The van der Waals surface area contributed by atoms with Crippen molar-refractivity contribution in [3.8, 4) is 0 Å². The van der Waals surface area contributed by atoms with Gasteiger partial charge in [0, 0.05) is 18.8 Å². The van der Waals surface area contributed by atoms with E-state index in [1.807, 2.05) is 11.7 Å². The van der Waals surface area contributed by atoms with Crippen molar-refractivity contribution in [1.29, 1.82) is 0 Å². The maximum atomic E-state index is 4.56. The van der Waals surface area contributed by atoms with E-state index in [2.05, 4.69) is 38.2 Å². The second-order valence-electron chi connectivity index (χ2n) is 6.57. The van der Waals surface area contributed by atoms with Gasteiger partial charge < -0.3 is 5.32 Å². The Balaban J connectivity index is 2.08. The van der Waals surface area contributed by atoms with Crippen molar-refractivity contribution < 1.29 is 0 Å². The number of likely N-dealkylation sites (N-methyl/N-ethyl adjacent to an activating group) is 1. The van der Waals surface area contributed by atoms with Crippen molar-refractivity contribution >= 4 is 0 Å². The first-order chi connectivity index (χ1) is 9.56. The number of aryl methyl sites for hydroxylation is 2. The molecule has 1 heterocycles. The van der Waals surface area contributed by atoms with Crippen LogP contribution in [0, 0.1) is 25.7 Å².